The van der Waals surface area contributed by atoms with Crippen LogP contribution in [0.15, 0.2) is 24.3 Å². The molecular weight excluding hydrogens is 278 g/mol. The molecule has 22 heavy (non-hydrogen) atoms. The monoisotopic (exact) mass is 299 g/mol. The molecule has 5 nitrogen and oxygen atoms in total. The van der Waals surface area contributed by atoms with E-state index in [1.54, 1.807) is 4.68 Å². The third-order valence-corrected chi connectivity index (χ3v) is 4.27. The summed E-state index contributed by atoms with van der Waals surface area (Å²) in [5.41, 5.74) is 4.85. The minimum absolute atomic E-state index is 0.0242. The topological polar surface area (TPSA) is 56.2 Å². The molecule has 3 rings (SSSR count). The Morgan fingerprint density at radius 2 is 2.09 bits per heavy atom. The van der Waals surface area contributed by atoms with Gasteiger partial charge in [0.15, 0.2) is 0 Å². The van der Waals surface area contributed by atoms with Gasteiger partial charge in [0, 0.05) is 25.7 Å². The molecule has 1 aromatic carbocycles. The summed E-state index contributed by atoms with van der Waals surface area (Å²) in [5.74, 6) is -0.0782. The van der Waals surface area contributed by atoms with E-state index in [4.69, 9.17) is 4.74 Å². The number of aromatic nitrogens is 2. The second kappa shape index (κ2) is 5.93. The fourth-order valence-corrected chi connectivity index (χ4v) is 2.94. The van der Waals surface area contributed by atoms with Crippen molar-refractivity contribution in [3.05, 3.63) is 52.3 Å². The van der Waals surface area contributed by atoms with Crippen LogP contribution in [-0.2, 0) is 24.8 Å². The van der Waals surface area contributed by atoms with Crippen LogP contribution >= 0.6 is 0 Å². The maximum absolute atomic E-state index is 12.4. The van der Waals surface area contributed by atoms with Gasteiger partial charge in [0.05, 0.1) is 24.0 Å². The van der Waals surface area contributed by atoms with Crippen molar-refractivity contribution < 1.29 is 9.53 Å². The molecule has 2 aromatic rings. The minimum Gasteiger partial charge on any atom is -0.371 e. The van der Waals surface area contributed by atoms with Crippen molar-refractivity contribution in [1.82, 2.24) is 15.1 Å². The van der Waals surface area contributed by atoms with Crippen molar-refractivity contribution in [2.24, 2.45) is 7.05 Å². The first-order valence-corrected chi connectivity index (χ1v) is 7.53. The molecule has 0 radical (unpaired) electrons. The Kier molecular flexibility index (Phi) is 3.98. The largest absolute Gasteiger partial charge is 0.371 e. The lowest BCUT2D eigenvalue weighted by Crippen LogP contribution is -2.37. The maximum Gasteiger partial charge on any atom is 0.255 e. The summed E-state index contributed by atoms with van der Waals surface area (Å²) in [6.45, 7) is 4.89. The number of hydrogen-bond donors (Lipinski definition) is 1. The molecule has 1 amide bonds. The van der Waals surface area contributed by atoms with Gasteiger partial charge in [0.25, 0.3) is 5.91 Å². The molecular formula is C17H21N3O2. The van der Waals surface area contributed by atoms with Crippen molar-refractivity contribution >= 4 is 5.91 Å². The van der Waals surface area contributed by atoms with E-state index in [2.05, 4.69) is 22.5 Å². The van der Waals surface area contributed by atoms with Gasteiger partial charge in [0.2, 0.25) is 0 Å². The number of ether oxygens (including phenoxy) is 1. The van der Waals surface area contributed by atoms with Crippen LogP contribution < -0.4 is 5.32 Å². The molecule has 1 aliphatic rings. The Hall–Kier alpha value is -2.14. The number of aryl methyl sites for hydroxylation is 2. The first-order chi connectivity index (χ1) is 10.6. The van der Waals surface area contributed by atoms with E-state index in [0.717, 1.165) is 17.8 Å². The maximum atomic E-state index is 12.4. The van der Waals surface area contributed by atoms with Gasteiger partial charge in [-0.15, -0.1) is 0 Å². The van der Waals surface area contributed by atoms with E-state index < -0.39 is 0 Å². The van der Waals surface area contributed by atoms with Crippen LogP contribution in [0.25, 0.3) is 0 Å². The van der Waals surface area contributed by atoms with E-state index in [-0.39, 0.29) is 12.0 Å². The summed E-state index contributed by atoms with van der Waals surface area (Å²) in [6.07, 6.45) is 0.859. The molecule has 0 unspecified atom stereocenters. The zero-order valence-electron chi connectivity index (χ0n) is 13.2. The normalized spacial score (nSPS) is 17.1. The molecule has 0 aliphatic carbocycles. The van der Waals surface area contributed by atoms with Gasteiger partial charge in [0.1, 0.15) is 0 Å². The molecule has 0 saturated carbocycles. The number of fused-ring (bicyclic) bond motifs is 1. The van der Waals surface area contributed by atoms with E-state index in [9.17, 15) is 4.79 Å². The van der Waals surface area contributed by atoms with E-state index in [1.807, 2.05) is 33.0 Å². The summed E-state index contributed by atoms with van der Waals surface area (Å²) < 4.78 is 7.55. The predicted octanol–water partition coefficient (Wildman–Crippen LogP) is 1.91. The van der Waals surface area contributed by atoms with E-state index >= 15 is 0 Å². The molecule has 0 bridgehead atoms. The zero-order valence-corrected chi connectivity index (χ0v) is 13.2. The van der Waals surface area contributed by atoms with Gasteiger partial charge >= 0.3 is 0 Å². The lowest BCUT2D eigenvalue weighted by Gasteiger charge is -2.25. The summed E-state index contributed by atoms with van der Waals surface area (Å²) >= 11 is 0. The standard InChI is InChI=1S/C17H21N3O2/c1-11-16(12(2)20(3)19-11)17(21)18-9-15-8-13-6-4-5-7-14(13)10-22-15/h4-7,15H,8-10H2,1-3H3,(H,18,21)/t15-/m1/s1. The second-order valence-electron chi connectivity index (χ2n) is 5.79. The zero-order chi connectivity index (χ0) is 15.7. The third kappa shape index (κ3) is 2.76. The van der Waals surface area contributed by atoms with Crippen LogP contribution in [-0.4, -0.2) is 28.3 Å². The van der Waals surface area contributed by atoms with E-state index in [0.29, 0.717) is 18.7 Å². The van der Waals surface area contributed by atoms with Gasteiger partial charge in [-0.25, -0.2) is 0 Å². The molecule has 116 valence electrons. The number of benzene rings is 1. The fourth-order valence-electron chi connectivity index (χ4n) is 2.94. The summed E-state index contributed by atoms with van der Waals surface area (Å²) in [6, 6.07) is 8.29. The first kappa shape index (κ1) is 14.8. The van der Waals surface area contributed by atoms with Crippen LogP contribution in [0.5, 0.6) is 0 Å². The molecule has 1 atom stereocenters. The molecule has 2 heterocycles. The van der Waals surface area contributed by atoms with Crippen molar-refractivity contribution in [3.63, 3.8) is 0 Å². The van der Waals surface area contributed by atoms with Gasteiger partial charge in [-0.05, 0) is 25.0 Å². The Morgan fingerprint density at radius 3 is 2.77 bits per heavy atom. The number of rotatable bonds is 3. The lowest BCUT2D eigenvalue weighted by molar-refractivity contribution is 0.0285. The average Bonchev–Trinajstić information content (AvgIpc) is 2.77. The molecule has 1 aromatic heterocycles. The average molecular weight is 299 g/mol. The first-order valence-electron chi connectivity index (χ1n) is 7.53. The highest BCUT2D eigenvalue weighted by Gasteiger charge is 2.21. The van der Waals surface area contributed by atoms with Crippen LogP contribution in [0.3, 0.4) is 0 Å². The van der Waals surface area contributed by atoms with Crippen LogP contribution in [0.4, 0.5) is 0 Å². The van der Waals surface area contributed by atoms with Crippen molar-refractivity contribution in [3.8, 4) is 0 Å². The Balaban J connectivity index is 1.63. The Bertz CT molecular complexity index is 706. The molecule has 5 heteroatoms. The van der Waals surface area contributed by atoms with Crippen LogP contribution in [0, 0.1) is 13.8 Å². The molecule has 1 aliphatic heterocycles. The highest BCUT2D eigenvalue weighted by Crippen LogP contribution is 2.20. The van der Waals surface area contributed by atoms with E-state index in [1.165, 1.54) is 11.1 Å². The minimum atomic E-state index is -0.0782. The number of carbonyl (C=O) groups excluding carboxylic acids is 1. The van der Waals surface area contributed by atoms with Gasteiger partial charge in [-0.2, -0.15) is 5.10 Å². The van der Waals surface area contributed by atoms with Gasteiger partial charge < -0.3 is 10.1 Å². The van der Waals surface area contributed by atoms with Gasteiger partial charge in [-0.3, -0.25) is 9.48 Å². The highest BCUT2D eigenvalue weighted by molar-refractivity contribution is 5.96. The van der Waals surface area contributed by atoms with Crippen LogP contribution in [0.2, 0.25) is 0 Å². The molecule has 0 spiro atoms. The third-order valence-electron chi connectivity index (χ3n) is 4.27. The van der Waals surface area contributed by atoms with Crippen molar-refractivity contribution in [2.75, 3.05) is 6.54 Å². The molecule has 0 saturated heterocycles. The quantitative estimate of drug-likeness (QED) is 0.942. The van der Waals surface area contributed by atoms with Crippen molar-refractivity contribution in [1.29, 1.82) is 0 Å². The van der Waals surface area contributed by atoms with Crippen LogP contribution in [0.1, 0.15) is 32.9 Å². The Labute approximate surface area is 130 Å². The Morgan fingerprint density at radius 1 is 1.36 bits per heavy atom. The predicted molar refractivity (Wildman–Crippen MR) is 83.7 cm³/mol. The second-order valence-corrected chi connectivity index (χ2v) is 5.79. The lowest BCUT2D eigenvalue weighted by atomic mass is 9.99. The summed E-state index contributed by atoms with van der Waals surface area (Å²) in [7, 11) is 1.85. The van der Waals surface area contributed by atoms with Crippen molar-refractivity contribution in [2.45, 2.75) is 33.0 Å². The highest BCUT2D eigenvalue weighted by atomic mass is 16.5. The summed E-state index contributed by atoms with van der Waals surface area (Å²) in [4.78, 5) is 12.4. The number of nitrogens with zero attached hydrogens (tertiary/aromatic N) is 2. The number of amides is 1. The number of nitrogens with one attached hydrogen (secondary N) is 1. The van der Waals surface area contributed by atoms with Gasteiger partial charge in [-0.1, -0.05) is 24.3 Å². The fraction of sp³-hybridized carbons (Fsp3) is 0.412. The summed E-state index contributed by atoms with van der Waals surface area (Å²) in [5, 5.41) is 7.26. The molecule has 1 N–H and O–H groups in total. The number of hydrogen-bond acceptors (Lipinski definition) is 3. The smallest absolute Gasteiger partial charge is 0.255 e. The SMILES string of the molecule is Cc1nn(C)c(C)c1C(=O)NC[C@H]1Cc2ccccc2CO1. The number of carbonyl (C=O) groups is 1. The molecule has 0 fully saturated rings.